The number of methoxy groups -OCH3 is 2. The van der Waals surface area contributed by atoms with E-state index >= 15 is 0 Å². The summed E-state index contributed by atoms with van der Waals surface area (Å²) in [5, 5.41) is 0. The van der Waals surface area contributed by atoms with Crippen LogP contribution in [0.4, 0.5) is 5.69 Å². The number of hydrogen-bond donors (Lipinski definition) is 0. The van der Waals surface area contributed by atoms with Gasteiger partial charge in [0.15, 0.2) is 0 Å². The second-order valence-electron chi connectivity index (χ2n) is 7.11. The number of carbonyl (C=O) groups is 3. The summed E-state index contributed by atoms with van der Waals surface area (Å²) in [6.07, 6.45) is 5.89. The van der Waals surface area contributed by atoms with Gasteiger partial charge in [0.1, 0.15) is 24.6 Å². The maximum atomic E-state index is 12.6. The van der Waals surface area contributed by atoms with Crippen LogP contribution in [-0.4, -0.2) is 49.9 Å². The predicted octanol–water partition coefficient (Wildman–Crippen LogP) is 2.38. The number of benzene rings is 1. The molecule has 7 heteroatoms. The van der Waals surface area contributed by atoms with E-state index in [4.69, 9.17) is 9.47 Å². The molecule has 1 aromatic carbocycles. The zero-order valence-electron chi connectivity index (χ0n) is 15.9. The van der Waals surface area contributed by atoms with Gasteiger partial charge >= 0.3 is 0 Å². The quantitative estimate of drug-likeness (QED) is 0.764. The van der Waals surface area contributed by atoms with Gasteiger partial charge < -0.3 is 14.4 Å². The molecule has 2 aliphatic rings. The van der Waals surface area contributed by atoms with Gasteiger partial charge in [0.25, 0.3) is 0 Å². The summed E-state index contributed by atoms with van der Waals surface area (Å²) in [5.41, 5.74) is 0.516. The van der Waals surface area contributed by atoms with Gasteiger partial charge in [0.05, 0.1) is 19.9 Å². The van der Waals surface area contributed by atoms with Gasteiger partial charge in [-0.3, -0.25) is 19.3 Å². The minimum absolute atomic E-state index is 0.162. The highest BCUT2D eigenvalue weighted by Crippen LogP contribution is 2.31. The molecule has 0 spiro atoms. The van der Waals surface area contributed by atoms with E-state index < -0.39 is 0 Å². The number of anilines is 1. The average Bonchev–Trinajstić information content (AvgIpc) is 3.20. The molecule has 2 fully saturated rings. The van der Waals surface area contributed by atoms with Crippen molar-refractivity contribution in [1.82, 2.24) is 4.90 Å². The normalized spacial score (nSPS) is 18.1. The summed E-state index contributed by atoms with van der Waals surface area (Å²) in [7, 11) is 3.04. The van der Waals surface area contributed by atoms with Crippen LogP contribution in [0.3, 0.4) is 0 Å². The van der Waals surface area contributed by atoms with Gasteiger partial charge in [0, 0.05) is 24.6 Å². The van der Waals surface area contributed by atoms with E-state index in [0.717, 1.165) is 24.2 Å². The van der Waals surface area contributed by atoms with Gasteiger partial charge in [-0.2, -0.15) is 0 Å². The molecule has 0 unspecified atom stereocenters. The highest BCUT2D eigenvalue weighted by atomic mass is 16.5. The van der Waals surface area contributed by atoms with Crippen LogP contribution in [0, 0.1) is 5.92 Å². The minimum atomic E-state index is -0.354. The summed E-state index contributed by atoms with van der Waals surface area (Å²) >= 11 is 0. The Morgan fingerprint density at radius 3 is 2.22 bits per heavy atom. The Bertz CT molecular complexity index is 705. The highest BCUT2D eigenvalue weighted by Gasteiger charge is 2.35. The van der Waals surface area contributed by atoms with E-state index in [1.54, 1.807) is 18.2 Å². The molecule has 0 N–H and O–H groups in total. The lowest BCUT2D eigenvalue weighted by Crippen LogP contribution is -2.55. The van der Waals surface area contributed by atoms with Crippen molar-refractivity contribution in [2.24, 2.45) is 5.92 Å². The standard InChI is InChI=1S/C20H26N2O5/c1-26-16-9-15(10-17(11-16)27-2)21-12-20(25)22(13-19(21)24)18(23)8-7-14-5-3-4-6-14/h9-11,14H,3-8,12-13H2,1-2H3. The first-order valence-electron chi connectivity index (χ1n) is 9.38. The van der Waals surface area contributed by atoms with Crippen molar-refractivity contribution in [2.45, 2.75) is 38.5 Å². The molecule has 27 heavy (non-hydrogen) atoms. The van der Waals surface area contributed by atoms with Crippen LogP contribution in [0.2, 0.25) is 0 Å². The second-order valence-corrected chi connectivity index (χ2v) is 7.11. The predicted molar refractivity (Wildman–Crippen MR) is 99.8 cm³/mol. The van der Waals surface area contributed by atoms with Gasteiger partial charge in [-0.15, -0.1) is 0 Å². The Morgan fingerprint density at radius 2 is 1.63 bits per heavy atom. The van der Waals surface area contributed by atoms with Crippen LogP contribution < -0.4 is 14.4 Å². The van der Waals surface area contributed by atoms with Crippen molar-refractivity contribution in [3.8, 4) is 11.5 Å². The van der Waals surface area contributed by atoms with Crippen molar-refractivity contribution >= 4 is 23.4 Å². The molecule has 1 saturated carbocycles. The number of rotatable bonds is 6. The van der Waals surface area contributed by atoms with Crippen LogP contribution in [0.25, 0.3) is 0 Å². The molecule has 1 aliphatic carbocycles. The van der Waals surface area contributed by atoms with Gasteiger partial charge in [-0.25, -0.2) is 0 Å². The Kier molecular flexibility index (Phi) is 5.98. The number of imide groups is 1. The fourth-order valence-corrected chi connectivity index (χ4v) is 3.79. The number of ether oxygens (including phenoxy) is 2. The lowest BCUT2D eigenvalue weighted by atomic mass is 10.0. The zero-order chi connectivity index (χ0) is 19.4. The summed E-state index contributed by atoms with van der Waals surface area (Å²) in [4.78, 5) is 40.1. The minimum Gasteiger partial charge on any atom is -0.497 e. The molecule has 0 radical (unpaired) electrons. The van der Waals surface area contributed by atoms with Crippen LogP contribution in [0.5, 0.6) is 11.5 Å². The monoisotopic (exact) mass is 374 g/mol. The summed E-state index contributed by atoms with van der Waals surface area (Å²) in [6.45, 7) is -0.383. The van der Waals surface area contributed by atoms with Crippen molar-refractivity contribution < 1.29 is 23.9 Å². The molecule has 7 nitrogen and oxygen atoms in total. The number of amides is 3. The number of nitrogens with zero attached hydrogens (tertiary/aromatic N) is 2. The fourth-order valence-electron chi connectivity index (χ4n) is 3.79. The largest absolute Gasteiger partial charge is 0.497 e. The lowest BCUT2D eigenvalue weighted by Gasteiger charge is -2.33. The Balaban J connectivity index is 1.67. The smallest absolute Gasteiger partial charge is 0.249 e. The third kappa shape index (κ3) is 4.40. The summed E-state index contributed by atoms with van der Waals surface area (Å²) in [5.74, 6) is 0.736. The molecule has 0 atom stereocenters. The van der Waals surface area contributed by atoms with Gasteiger partial charge in [0.2, 0.25) is 17.7 Å². The van der Waals surface area contributed by atoms with Crippen LogP contribution in [0.15, 0.2) is 18.2 Å². The Hall–Kier alpha value is -2.57. The number of carbonyl (C=O) groups excluding carboxylic acids is 3. The van der Waals surface area contributed by atoms with E-state index in [2.05, 4.69) is 0 Å². The Labute approximate surface area is 159 Å². The topological polar surface area (TPSA) is 76.2 Å². The first-order valence-corrected chi connectivity index (χ1v) is 9.38. The molecule has 0 aromatic heterocycles. The van der Waals surface area contributed by atoms with Crippen LogP contribution in [0.1, 0.15) is 38.5 Å². The van der Waals surface area contributed by atoms with Crippen LogP contribution in [-0.2, 0) is 14.4 Å². The molecule has 146 valence electrons. The third-order valence-electron chi connectivity index (χ3n) is 5.38. The van der Waals surface area contributed by atoms with E-state index in [0.29, 0.717) is 29.5 Å². The van der Waals surface area contributed by atoms with E-state index in [1.807, 2.05) is 0 Å². The molecule has 1 aromatic rings. The van der Waals surface area contributed by atoms with E-state index in [1.165, 1.54) is 32.0 Å². The molecule has 0 bridgehead atoms. The van der Waals surface area contributed by atoms with Gasteiger partial charge in [-0.1, -0.05) is 25.7 Å². The van der Waals surface area contributed by atoms with Crippen molar-refractivity contribution in [3.05, 3.63) is 18.2 Å². The summed E-state index contributed by atoms with van der Waals surface area (Å²) < 4.78 is 10.4. The molecule has 3 amide bonds. The molecule has 1 saturated heterocycles. The summed E-state index contributed by atoms with van der Waals surface area (Å²) in [6, 6.07) is 5.04. The van der Waals surface area contributed by atoms with E-state index in [9.17, 15) is 14.4 Å². The third-order valence-corrected chi connectivity index (χ3v) is 5.38. The molecular weight excluding hydrogens is 348 g/mol. The lowest BCUT2D eigenvalue weighted by molar-refractivity contribution is -0.149. The second kappa shape index (κ2) is 8.41. The maximum absolute atomic E-state index is 12.6. The maximum Gasteiger partial charge on any atom is 0.249 e. The number of hydrogen-bond acceptors (Lipinski definition) is 5. The fraction of sp³-hybridized carbons (Fsp3) is 0.550. The van der Waals surface area contributed by atoms with Crippen molar-refractivity contribution in [3.63, 3.8) is 0 Å². The van der Waals surface area contributed by atoms with Crippen LogP contribution >= 0.6 is 0 Å². The first-order chi connectivity index (χ1) is 13.0. The first kappa shape index (κ1) is 19.2. The van der Waals surface area contributed by atoms with Gasteiger partial charge in [-0.05, 0) is 12.3 Å². The van der Waals surface area contributed by atoms with Crippen molar-refractivity contribution in [2.75, 3.05) is 32.2 Å². The molecule has 1 aliphatic heterocycles. The molecule has 3 rings (SSSR count). The average molecular weight is 374 g/mol. The number of piperazine rings is 1. The molecular formula is C20H26N2O5. The highest BCUT2D eigenvalue weighted by molar-refractivity contribution is 6.10. The Morgan fingerprint density at radius 1 is 1.00 bits per heavy atom. The van der Waals surface area contributed by atoms with E-state index in [-0.39, 0.29) is 30.8 Å². The van der Waals surface area contributed by atoms with Crippen molar-refractivity contribution in [1.29, 1.82) is 0 Å². The zero-order valence-corrected chi connectivity index (χ0v) is 15.9. The molecule has 1 heterocycles. The SMILES string of the molecule is COc1cc(OC)cc(N2CC(=O)N(C(=O)CCC3CCCC3)CC2=O)c1.